The van der Waals surface area contributed by atoms with Crippen LogP contribution in [0, 0.1) is 13.8 Å². The molecule has 0 fully saturated rings. The lowest BCUT2D eigenvalue weighted by Crippen LogP contribution is -2.28. The van der Waals surface area contributed by atoms with Crippen molar-refractivity contribution in [2.75, 3.05) is 5.32 Å². The number of amides is 1. The molecule has 9 heteroatoms. The Morgan fingerprint density at radius 2 is 1.84 bits per heavy atom. The van der Waals surface area contributed by atoms with Crippen LogP contribution in [0.25, 0.3) is 22.4 Å². The first-order valence-corrected chi connectivity index (χ1v) is 10.4. The van der Waals surface area contributed by atoms with Gasteiger partial charge in [-0.05, 0) is 49.2 Å². The van der Waals surface area contributed by atoms with Crippen molar-refractivity contribution in [2.45, 2.75) is 20.4 Å². The molecule has 32 heavy (non-hydrogen) atoms. The van der Waals surface area contributed by atoms with E-state index in [4.69, 9.17) is 11.6 Å². The molecule has 3 heterocycles. The molecule has 0 saturated carbocycles. The van der Waals surface area contributed by atoms with Crippen LogP contribution in [0.15, 0.2) is 65.7 Å². The van der Waals surface area contributed by atoms with Crippen LogP contribution in [0.1, 0.15) is 11.1 Å². The van der Waals surface area contributed by atoms with E-state index in [0.29, 0.717) is 21.9 Å². The fourth-order valence-corrected chi connectivity index (χ4v) is 3.75. The summed E-state index contributed by atoms with van der Waals surface area (Å²) in [5.74, 6) is -0.399. The van der Waals surface area contributed by atoms with Crippen molar-refractivity contribution in [3.63, 3.8) is 0 Å². The van der Waals surface area contributed by atoms with Crippen LogP contribution in [0.3, 0.4) is 0 Å². The fraction of sp³-hybridized carbons (Fsp3) is 0.130. The maximum Gasteiger partial charge on any atom is 0.350 e. The number of hydrogen-bond acceptors (Lipinski definition) is 4. The highest BCUT2D eigenvalue weighted by Gasteiger charge is 2.16. The van der Waals surface area contributed by atoms with E-state index >= 15 is 0 Å². The molecule has 0 unspecified atom stereocenters. The van der Waals surface area contributed by atoms with Crippen molar-refractivity contribution in [1.82, 2.24) is 23.8 Å². The van der Waals surface area contributed by atoms with Crippen LogP contribution in [-0.4, -0.2) is 29.7 Å². The van der Waals surface area contributed by atoms with Gasteiger partial charge in [-0.2, -0.15) is 5.10 Å². The molecule has 1 N–H and O–H groups in total. The smallest absolute Gasteiger partial charge is 0.323 e. The van der Waals surface area contributed by atoms with Gasteiger partial charge in [0.1, 0.15) is 12.1 Å². The van der Waals surface area contributed by atoms with E-state index in [2.05, 4.69) is 41.5 Å². The molecule has 0 saturated heterocycles. The number of carbonyl (C=O) groups is 1. The lowest BCUT2D eigenvalue weighted by atomic mass is 10.0. The first kappa shape index (κ1) is 20.0. The molecule has 5 rings (SSSR count). The van der Waals surface area contributed by atoms with E-state index in [-0.39, 0.29) is 6.54 Å². The molecule has 0 bridgehead atoms. The van der Waals surface area contributed by atoms with Crippen LogP contribution >= 0.6 is 11.6 Å². The number of aryl methyl sites for hydroxylation is 2. The van der Waals surface area contributed by atoms with Gasteiger partial charge in [-0.1, -0.05) is 35.9 Å². The zero-order valence-electron chi connectivity index (χ0n) is 17.4. The summed E-state index contributed by atoms with van der Waals surface area (Å²) in [6, 6.07) is 15.0. The predicted octanol–water partition coefficient (Wildman–Crippen LogP) is 3.72. The monoisotopic (exact) mass is 446 g/mol. The molecule has 3 aromatic heterocycles. The summed E-state index contributed by atoms with van der Waals surface area (Å²) in [7, 11) is 0. The van der Waals surface area contributed by atoms with Crippen LogP contribution in [0.5, 0.6) is 0 Å². The van der Waals surface area contributed by atoms with Gasteiger partial charge in [0.15, 0.2) is 5.65 Å². The second-order valence-corrected chi connectivity index (χ2v) is 8.03. The Hall–Kier alpha value is -3.91. The van der Waals surface area contributed by atoms with Crippen LogP contribution in [-0.2, 0) is 11.3 Å². The Labute approximate surface area is 187 Å². The zero-order chi connectivity index (χ0) is 22.4. The van der Waals surface area contributed by atoms with Gasteiger partial charge in [0.25, 0.3) is 0 Å². The Kier molecular flexibility index (Phi) is 4.79. The second-order valence-electron chi connectivity index (χ2n) is 7.62. The van der Waals surface area contributed by atoms with E-state index in [0.717, 1.165) is 15.9 Å². The SMILES string of the molecule is Cc1ccc(-c2cc3c4nn(CC(=O)Nc5ccccc5Cl)c(=O)n4ccn3n2)cc1C. The molecule has 1 amide bonds. The highest BCUT2D eigenvalue weighted by Crippen LogP contribution is 2.24. The minimum atomic E-state index is -0.411. The summed E-state index contributed by atoms with van der Waals surface area (Å²) in [6.07, 6.45) is 3.29. The van der Waals surface area contributed by atoms with Crippen molar-refractivity contribution in [3.05, 3.63) is 87.6 Å². The molecule has 160 valence electrons. The summed E-state index contributed by atoms with van der Waals surface area (Å²) in [5, 5.41) is 12.1. The van der Waals surface area contributed by atoms with Crippen molar-refractivity contribution in [1.29, 1.82) is 0 Å². The Balaban J connectivity index is 1.51. The summed E-state index contributed by atoms with van der Waals surface area (Å²) in [5.41, 5.74) is 5.30. The lowest BCUT2D eigenvalue weighted by molar-refractivity contribution is -0.117. The number of halogens is 1. The molecule has 0 radical (unpaired) electrons. The molecule has 0 aliphatic heterocycles. The third kappa shape index (κ3) is 3.44. The summed E-state index contributed by atoms with van der Waals surface area (Å²) in [6.45, 7) is 3.88. The Morgan fingerprint density at radius 1 is 1.03 bits per heavy atom. The largest absolute Gasteiger partial charge is 0.350 e. The maximum absolute atomic E-state index is 12.8. The van der Waals surface area contributed by atoms with Crippen molar-refractivity contribution < 1.29 is 4.79 Å². The molecule has 5 aromatic rings. The maximum atomic E-state index is 12.8. The van der Waals surface area contributed by atoms with Crippen LogP contribution < -0.4 is 11.0 Å². The number of rotatable bonds is 4. The highest BCUT2D eigenvalue weighted by atomic mass is 35.5. The molecule has 0 aliphatic rings. The van der Waals surface area contributed by atoms with Crippen molar-refractivity contribution >= 4 is 34.4 Å². The zero-order valence-corrected chi connectivity index (χ0v) is 18.2. The van der Waals surface area contributed by atoms with Crippen LogP contribution in [0.2, 0.25) is 5.02 Å². The van der Waals surface area contributed by atoms with E-state index in [1.54, 1.807) is 41.2 Å². The predicted molar refractivity (Wildman–Crippen MR) is 123 cm³/mol. The van der Waals surface area contributed by atoms with Crippen LogP contribution in [0.4, 0.5) is 5.69 Å². The van der Waals surface area contributed by atoms with E-state index < -0.39 is 11.6 Å². The third-order valence-electron chi connectivity index (χ3n) is 5.44. The number of nitrogens with one attached hydrogen (secondary N) is 1. The minimum absolute atomic E-state index is 0.240. The number of para-hydroxylation sites is 1. The van der Waals surface area contributed by atoms with E-state index in [1.165, 1.54) is 15.5 Å². The number of nitrogens with zero attached hydrogens (tertiary/aromatic N) is 5. The summed E-state index contributed by atoms with van der Waals surface area (Å²) in [4.78, 5) is 25.3. The average Bonchev–Trinajstić information content (AvgIpc) is 3.33. The number of carbonyl (C=O) groups excluding carboxylic acids is 1. The van der Waals surface area contributed by atoms with Gasteiger partial charge in [0, 0.05) is 18.0 Å². The van der Waals surface area contributed by atoms with Crippen molar-refractivity contribution in [2.24, 2.45) is 0 Å². The quantitative estimate of drug-likeness (QED) is 0.456. The Morgan fingerprint density at radius 3 is 2.62 bits per heavy atom. The fourth-order valence-electron chi connectivity index (χ4n) is 3.57. The number of anilines is 1. The number of benzene rings is 2. The lowest BCUT2D eigenvalue weighted by Gasteiger charge is -2.06. The Bertz CT molecular complexity index is 1560. The van der Waals surface area contributed by atoms with Gasteiger partial charge in [0.2, 0.25) is 5.91 Å². The van der Waals surface area contributed by atoms with Gasteiger partial charge in [0.05, 0.1) is 16.4 Å². The topological polar surface area (TPSA) is 85.7 Å². The highest BCUT2D eigenvalue weighted by molar-refractivity contribution is 6.33. The molecule has 0 spiro atoms. The van der Waals surface area contributed by atoms with E-state index in [1.807, 2.05) is 12.1 Å². The summed E-state index contributed by atoms with van der Waals surface area (Å²) >= 11 is 6.09. The molecule has 0 atom stereocenters. The van der Waals surface area contributed by atoms with Gasteiger partial charge >= 0.3 is 5.69 Å². The normalized spacial score (nSPS) is 11.3. The summed E-state index contributed by atoms with van der Waals surface area (Å²) < 4.78 is 4.22. The van der Waals surface area contributed by atoms with Crippen molar-refractivity contribution in [3.8, 4) is 11.3 Å². The second kappa shape index (κ2) is 7.65. The molecule has 8 nitrogen and oxygen atoms in total. The van der Waals surface area contributed by atoms with Gasteiger partial charge < -0.3 is 5.32 Å². The minimum Gasteiger partial charge on any atom is -0.323 e. The first-order valence-electron chi connectivity index (χ1n) is 10.0. The molecular weight excluding hydrogens is 428 g/mol. The molecular formula is C23H19ClN6O2. The first-order chi connectivity index (χ1) is 15.4. The molecule has 0 aliphatic carbocycles. The standard InChI is InChI=1S/C23H19ClN6O2/c1-14-7-8-16(11-15(14)2)19-12-20-22-27-30(23(32)28(22)9-10-29(20)26-19)13-21(31)25-18-6-4-3-5-17(18)24/h3-12H,13H2,1-2H3,(H,25,31). The molecule has 2 aromatic carbocycles. The number of fused-ring (bicyclic) bond motifs is 3. The van der Waals surface area contributed by atoms with Gasteiger partial charge in [-0.25, -0.2) is 18.4 Å². The number of aromatic nitrogens is 5. The van der Waals surface area contributed by atoms with E-state index in [9.17, 15) is 9.59 Å². The van der Waals surface area contributed by atoms with Gasteiger partial charge in [-0.15, -0.1) is 5.10 Å². The average molecular weight is 447 g/mol. The number of hydrogen-bond donors (Lipinski definition) is 1. The van der Waals surface area contributed by atoms with Gasteiger partial charge in [-0.3, -0.25) is 4.79 Å². The third-order valence-corrected chi connectivity index (χ3v) is 5.77.